The van der Waals surface area contributed by atoms with E-state index in [1.54, 1.807) is 61.7 Å². The fourth-order valence-corrected chi connectivity index (χ4v) is 6.21. The van der Waals surface area contributed by atoms with E-state index in [0.717, 1.165) is 21.0 Å². The third-order valence-electron chi connectivity index (χ3n) is 7.04. The summed E-state index contributed by atoms with van der Waals surface area (Å²) in [6.45, 7) is 3.66. The maximum Gasteiger partial charge on any atom is 0.264 e. The summed E-state index contributed by atoms with van der Waals surface area (Å²) in [4.78, 5) is 29.5. The number of carbonyl (C=O) groups excluding carboxylic acids is 2. The Morgan fingerprint density at radius 1 is 0.837 bits per heavy atom. The van der Waals surface area contributed by atoms with Gasteiger partial charge in [0.15, 0.2) is 0 Å². The molecule has 0 radical (unpaired) electrons. The topological polar surface area (TPSA) is 96.0 Å². The van der Waals surface area contributed by atoms with Gasteiger partial charge in [0.05, 0.1) is 17.7 Å². The number of hydrogen-bond acceptors (Lipinski definition) is 5. The first-order valence-corrected chi connectivity index (χ1v) is 15.6. The van der Waals surface area contributed by atoms with E-state index in [0.29, 0.717) is 18.0 Å². The number of nitrogens with zero attached hydrogens (tertiary/aromatic N) is 2. The number of anilines is 1. The summed E-state index contributed by atoms with van der Waals surface area (Å²) in [5.41, 5.74) is 2.91. The lowest BCUT2D eigenvalue weighted by molar-refractivity contribution is -0.140. The number of likely N-dealkylation sites (N-methyl/N-ethyl adjacent to an activating group) is 1. The molecule has 0 fully saturated rings. The van der Waals surface area contributed by atoms with Crippen LogP contribution < -0.4 is 14.4 Å². The Kier molecular flexibility index (Phi) is 10.6. The zero-order chi connectivity index (χ0) is 30.8. The van der Waals surface area contributed by atoms with Gasteiger partial charge in [-0.1, -0.05) is 78.4 Å². The molecule has 0 aliphatic rings. The molecule has 224 valence electrons. The van der Waals surface area contributed by atoms with Gasteiger partial charge in [-0.2, -0.15) is 0 Å². The molecule has 0 saturated carbocycles. The minimum absolute atomic E-state index is 0.0623. The number of carbonyl (C=O) groups is 2. The van der Waals surface area contributed by atoms with Crippen molar-refractivity contribution in [2.75, 3.05) is 24.5 Å². The average Bonchev–Trinajstić information content (AvgIpc) is 3.03. The fraction of sp³-hybridized carbons (Fsp3) is 0.235. The van der Waals surface area contributed by atoms with E-state index < -0.39 is 28.5 Å². The molecule has 0 aliphatic heterocycles. The van der Waals surface area contributed by atoms with Gasteiger partial charge >= 0.3 is 0 Å². The minimum atomic E-state index is -4.13. The molecule has 1 N–H and O–H groups in total. The van der Waals surface area contributed by atoms with E-state index in [9.17, 15) is 18.0 Å². The van der Waals surface area contributed by atoms with Crippen molar-refractivity contribution in [1.29, 1.82) is 0 Å². The van der Waals surface area contributed by atoms with Gasteiger partial charge in [-0.05, 0) is 61.4 Å². The van der Waals surface area contributed by atoms with Gasteiger partial charge in [-0.15, -0.1) is 0 Å². The number of nitrogens with one attached hydrogen (secondary N) is 1. The molecule has 1 unspecified atom stereocenters. The summed E-state index contributed by atoms with van der Waals surface area (Å²) in [5, 5.41) is 2.87. The lowest BCUT2D eigenvalue weighted by atomic mass is 10.0. The minimum Gasteiger partial charge on any atom is -0.497 e. The highest BCUT2D eigenvalue weighted by Crippen LogP contribution is 2.26. The van der Waals surface area contributed by atoms with E-state index in [1.807, 2.05) is 56.3 Å². The average molecular weight is 600 g/mol. The predicted octanol–water partition coefficient (Wildman–Crippen LogP) is 4.98. The SMILES string of the molecule is CCNC(=O)C(Cc1ccccc1)N(Cc1cccc(OC)c1)C(=O)CN(c1ccc(C)cc1)S(=O)(=O)c1ccccc1. The summed E-state index contributed by atoms with van der Waals surface area (Å²) in [6.07, 6.45) is 0.248. The number of benzene rings is 4. The van der Waals surface area contributed by atoms with Crippen LogP contribution in [0.25, 0.3) is 0 Å². The highest BCUT2D eigenvalue weighted by atomic mass is 32.2. The second-order valence-corrected chi connectivity index (χ2v) is 12.0. The van der Waals surface area contributed by atoms with Crippen LogP contribution in [-0.4, -0.2) is 51.4 Å². The molecule has 4 aromatic rings. The van der Waals surface area contributed by atoms with Crippen molar-refractivity contribution in [3.05, 3.63) is 126 Å². The van der Waals surface area contributed by atoms with E-state index in [1.165, 1.54) is 17.0 Å². The zero-order valence-corrected chi connectivity index (χ0v) is 25.5. The number of aryl methyl sites for hydroxylation is 1. The molecular formula is C34H37N3O5S. The van der Waals surface area contributed by atoms with Gasteiger partial charge in [0, 0.05) is 19.5 Å². The number of ether oxygens (including phenoxy) is 1. The Morgan fingerprint density at radius 2 is 1.47 bits per heavy atom. The second-order valence-electron chi connectivity index (χ2n) is 10.1. The van der Waals surface area contributed by atoms with Gasteiger partial charge in [0.2, 0.25) is 11.8 Å². The van der Waals surface area contributed by atoms with Crippen molar-refractivity contribution in [3.8, 4) is 5.75 Å². The molecule has 0 aromatic heterocycles. The van der Waals surface area contributed by atoms with Crippen LogP contribution in [0.4, 0.5) is 5.69 Å². The molecule has 9 heteroatoms. The Balaban J connectivity index is 1.79. The lowest BCUT2D eigenvalue weighted by Crippen LogP contribution is -2.53. The van der Waals surface area contributed by atoms with Crippen LogP contribution in [-0.2, 0) is 32.6 Å². The normalized spacial score (nSPS) is 11.8. The summed E-state index contributed by atoms with van der Waals surface area (Å²) in [6, 6.07) is 30.8. The fourth-order valence-electron chi connectivity index (χ4n) is 4.77. The van der Waals surface area contributed by atoms with Gasteiger partial charge < -0.3 is 15.0 Å². The van der Waals surface area contributed by atoms with Crippen molar-refractivity contribution in [1.82, 2.24) is 10.2 Å². The molecule has 4 aromatic carbocycles. The number of sulfonamides is 1. The van der Waals surface area contributed by atoms with Crippen LogP contribution in [0.5, 0.6) is 5.75 Å². The maximum atomic E-state index is 14.4. The monoisotopic (exact) mass is 599 g/mol. The van der Waals surface area contributed by atoms with Gasteiger partial charge in [-0.3, -0.25) is 13.9 Å². The number of hydrogen-bond donors (Lipinski definition) is 1. The van der Waals surface area contributed by atoms with Crippen LogP contribution in [0.15, 0.2) is 114 Å². The molecule has 0 aliphatic carbocycles. The number of amides is 2. The molecule has 8 nitrogen and oxygen atoms in total. The molecule has 0 saturated heterocycles. The Labute approximate surface area is 254 Å². The highest BCUT2D eigenvalue weighted by molar-refractivity contribution is 7.92. The molecule has 4 rings (SSSR count). The molecule has 1 atom stereocenters. The van der Waals surface area contributed by atoms with Crippen molar-refractivity contribution in [3.63, 3.8) is 0 Å². The van der Waals surface area contributed by atoms with E-state index in [2.05, 4.69) is 5.32 Å². The van der Waals surface area contributed by atoms with Crippen LogP contribution in [0.3, 0.4) is 0 Å². The van der Waals surface area contributed by atoms with Crippen molar-refractivity contribution < 1.29 is 22.7 Å². The molecular weight excluding hydrogens is 562 g/mol. The van der Waals surface area contributed by atoms with Crippen LogP contribution in [0.2, 0.25) is 0 Å². The smallest absolute Gasteiger partial charge is 0.264 e. The highest BCUT2D eigenvalue weighted by Gasteiger charge is 2.34. The molecule has 0 heterocycles. The van der Waals surface area contributed by atoms with Crippen molar-refractivity contribution >= 4 is 27.5 Å². The van der Waals surface area contributed by atoms with E-state index in [4.69, 9.17) is 4.74 Å². The number of methoxy groups -OCH3 is 1. The standard InChI is InChI=1S/C34H37N3O5S/c1-4-35-34(39)32(23-27-12-7-5-8-13-27)36(24-28-14-11-15-30(22-28)42-3)33(38)25-37(29-20-18-26(2)19-21-29)43(40,41)31-16-9-6-10-17-31/h5-22,32H,4,23-25H2,1-3H3,(H,35,39). The summed E-state index contributed by atoms with van der Waals surface area (Å²) in [7, 11) is -2.57. The largest absolute Gasteiger partial charge is 0.497 e. The zero-order valence-electron chi connectivity index (χ0n) is 24.6. The first-order valence-electron chi connectivity index (χ1n) is 14.1. The van der Waals surface area contributed by atoms with E-state index >= 15 is 0 Å². The van der Waals surface area contributed by atoms with Crippen LogP contribution in [0.1, 0.15) is 23.6 Å². The lowest BCUT2D eigenvalue weighted by Gasteiger charge is -2.34. The van der Waals surface area contributed by atoms with Crippen LogP contribution in [0, 0.1) is 6.92 Å². The van der Waals surface area contributed by atoms with Crippen molar-refractivity contribution in [2.45, 2.75) is 37.8 Å². The third-order valence-corrected chi connectivity index (χ3v) is 8.83. The van der Waals surface area contributed by atoms with Gasteiger partial charge in [0.1, 0.15) is 18.3 Å². The predicted molar refractivity (Wildman–Crippen MR) is 168 cm³/mol. The maximum absolute atomic E-state index is 14.4. The summed E-state index contributed by atoms with van der Waals surface area (Å²) >= 11 is 0. The third kappa shape index (κ3) is 8.02. The molecule has 0 bridgehead atoms. The van der Waals surface area contributed by atoms with Crippen molar-refractivity contribution in [2.24, 2.45) is 0 Å². The number of rotatable bonds is 13. The summed E-state index contributed by atoms with van der Waals surface area (Å²) < 4.78 is 34.5. The molecule has 43 heavy (non-hydrogen) atoms. The quantitative estimate of drug-likeness (QED) is 0.234. The molecule has 0 spiro atoms. The van der Waals surface area contributed by atoms with Gasteiger partial charge in [0.25, 0.3) is 10.0 Å². The van der Waals surface area contributed by atoms with Gasteiger partial charge in [-0.25, -0.2) is 8.42 Å². The van der Waals surface area contributed by atoms with Crippen LogP contribution >= 0.6 is 0 Å². The Bertz CT molecular complexity index is 1610. The first kappa shape index (κ1) is 31.3. The summed E-state index contributed by atoms with van der Waals surface area (Å²) in [5.74, 6) is -0.235. The first-order chi connectivity index (χ1) is 20.7. The Morgan fingerprint density at radius 3 is 2.09 bits per heavy atom. The van der Waals surface area contributed by atoms with E-state index in [-0.39, 0.29) is 23.8 Å². The Hall–Kier alpha value is -4.63. The molecule has 2 amide bonds. The second kappa shape index (κ2) is 14.5.